The molecule has 19 heavy (non-hydrogen) atoms. The molecule has 0 radical (unpaired) electrons. The molecule has 0 aromatic heterocycles. The number of piperazine rings is 1. The van der Waals surface area contributed by atoms with E-state index in [4.69, 9.17) is 11.6 Å². The lowest BCUT2D eigenvalue weighted by atomic mass is 10.1. The van der Waals surface area contributed by atoms with Crippen LogP contribution in [0.15, 0.2) is 18.2 Å². The summed E-state index contributed by atoms with van der Waals surface area (Å²) in [5, 5.41) is 2.92. The van der Waals surface area contributed by atoms with Crippen molar-refractivity contribution in [2.24, 2.45) is 0 Å². The highest BCUT2D eigenvalue weighted by molar-refractivity contribution is 6.31. The number of benzene rings is 1. The average Bonchev–Trinajstić information content (AvgIpc) is 2.38. The van der Waals surface area contributed by atoms with Crippen molar-refractivity contribution in [1.29, 1.82) is 0 Å². The Morgan fingerprint density at radius 1 is 1.47 bits per heavy atom. The lowest BCUT2D eigenvalue weighted by Crippen LogP contribution is -2.57. The minimum atomic E-state index is -0.527. The molecule has 1 aliphatic rings. The van der Waals surface area contributed by atoms with E-state index < -0.39 is 11.9 Å². The molecule has 102 valence electrons. The third-order valence-electron chi connectivity index (χ3n) is 3.15. The van der Waals surface area contributed by atoms with Crippen LogP contribution >= 0.6 is 11.6 Å². The van der Waals surface area contributed by atoms with E-state index in [-0.39, 0.29) is 24.9 Å². The summed E-state index contributed by atoms with van der Waals surface area (Å²) in [6.07, 6.45) is 0.504. The van der Waals surface area contributed by atoms with Crippen LogP contribution in [-0.4, -0.2) is 29.3 Å². The van der Waals surface area contributed by atoms with Gasteiger partial charge in [-0.1, -0.05) is 18.5 Å². The quantitative estimate of drug-likeness (QED) is 0.919. The van der Waals surface area contributed by atoms with Gasteiger partial charge in [0.25, 0.3) is 0 Å². The van der Waals surface area contributed by atoms with E-state index in [0.29, 0.717) is 17.0 Å². The number of hydrogen-bond acceptors (Lipinski definition) is 2. The first kappa shape index (κ1) is 13.8. The van der Waals surface area contributed by atoms with Gasteiger partial charge in [-0.3, -0.25) is 9.59 Å². The smallest absolute Gasteiger partial charge is 0.243 e. The van der Waals surface area contributed by atoms with Crippen LogP contribution in [-0.2, 0) is 16.1 Å². The molecule has 1 unspecified atom stereocenters. The molecule has 1 atom stereocenters. The molecule has 1 aromatic carbocycles. The van der Waals surface area contributed by atoms with E-state index in [0.717, 1.165) is 0 Å². The van der Waals surface area contributed by atoms with Crippen LogP contribution in [0.5, 0.6) is 0 Å². The van der Waals surface area contributed by atoms with Gasteiger partial charge >= 0.3 is 0 Å². The third kappa shape index (κ3) is 2.87. The molecule has 0 spiro atoms. The van der Waals surface area contributed by atoms with E-state index >= 15 is 0 Å². The number of carbonyl (C=O) groups is 2. The van der Waals surface area contributed by atoms with Gasteiger partial charge in [-0.25, -0.2) is 4.39 Å². The van der Waals surface area contributed by atoms with Crippen molar-refractivity contribution in [2.45, 2.75) is 25.9 Å². The highest BCUT2D eigenvalue weighted by atomic mass is 35.5. The van der Waals surface area contributed by atoms with Crippen molar-refractivity contribution >= 4 is 23.4 Å². The molecule has 1 N–H and O–H groups in total. The van der Waals surface area contributed by atoms with Crippen molar-refractivity contribution in [2.75, 3.05) is 6.54 Å². The van der Waals surface area contributed by atoms with Crippen molar-refractivity contribution in [1.82, 2.24) is 10.2 Å². The molecule has 0 aliphatic carbocycles. The zero-order valence-electron chi connectivity index (χ0n) is 10.5. The van der Waals surface area contributed by atoms with E-state index in [9.17, 15) is 14.0 Å². The van der Waals surface area contributed by atoms with E-state index in [1.54, 1.807) is 0 Å². The number of rotatable bonds is 3. The first-order valence-corrected chi connectivity index (χ1v) is 6.41. The first-order valence-electron chi connectivity index (χ1n) is 6.04. The van der Waals surface area contributed by atoms with Gasteiger partial charge in [0.15, 0.2) is 0 Å². The van der Waals surface area contributed by atoms with E-state index in [1.165, 1.54) is 23.1 Å². The molecule has 0 saturated carbocycles. The molecular formula is C13H14ClFN2O2. The number of nitrogens with one attached hydrogen (secondary N) is 1. The zero-order chi connectivity index (χ0) is 14.0. The molecule has 1 aromatic rings. The lowest BCUT2D eigenvalue weighted by molar-refractivity contribution is -0.146. The summed E-state index contributed by atoms with van der Waals surface area (Å²) in [5.74, 6) is -0.789. The van der Waals surface area contributed by atoms with Crippen molar-refractivity contribution in [3.8, 4) is 0 Å². The summed E-state index contributed by atoms with van der Waals surface area (Å²) in [6, 6.07) is 3.46. The van der Waals surface area contributed by atoms with E-state index in [2.05, 4.69) is 5.32 Å². The molecule has 1 saturated heterocycles. The maximum Gasteiger partial charge on any atom is 0.243 e. The summed E-state index contributed by atoms with van der Waals surface area (Å²) in [6.45, 7) is 1.94. The highest BCUT2D eigenvalue weighted by Gasteiger charge is 2.33. The SMILES string of the molecule is CCC1C(=O)NCC(=O)N1Cc1cc(F)ccc1Cl. The van der Waals surface area contributed by atoms with Gasteiger partial charge in [0.05, 0.1) is 6.54 Å². The summed E-state index contributed by atoms with van der Waals surface area (Å²) < 4.78 is 13.2. The van der Waals surface area contributed by atoms with Gasteiger partial charge in [0.2, 0.25) is 11.8 Å². The molecule has 6 heteroatoms. The fourth-order valence-electron chi connectivity index (χ4n) is 2.15. The number of amides is 2. The number of halogens is 2. The summed E-state index contributed by atoms with van der Waals surface area (Å²) in [7, 11) is 0. The Bertz CT molecular complexity index is 521. The minimum Gasteiger partial charge on any atom is -0.345 e. The standard InChI is InChI=1S/C13H14ClFN2O2/c1-2-11-13(19)16-6-12(18)17(11)7-8-5-9(15)3-4-10(8)14/h3-5,11H,2,6-7H2,1H3,(H,16,19). The first-order chi connectivity index (χ1) is 9.02. The Balaban J connectivity index is 2.26. The Kier molecular flexibility index (Phi) is 4.04. The second-order valence-corrected chi connectivity index (χ2v) is 4.81. The van der Waals surface area contributed by atoms with E-state index in [1.807, 2.05) is 6.92 Å². The predicted octanol–water partition coefficient (Wildman–Crippen LogP) is 1.72. The van der Waals surface area contributed by atoms with Crippen molar-refractivity contribution < 1.29 is 14.0 Å². The van der Waals surface area contributed by atoms with Crippen molar-refractivity contribution in [3.63, 3.8) is 0 Å². The monoisotopic (exact) mass is 284 g/mol. The predicted molar refractivity (Wildman–Crippen MR) is 69.0 cm³/mol. The zero-order valence-corrected chi connectivity index (χ0v) is 11.2. The second kappa shape index (κ2) is 5.57. The molecule has 0 bridgehead atoms. The van der Waals surface area contributed by atoms with Gasteiger partial charge in [-0.05, 0) is 30.2 Å². The van der Waals surface area contributed by atoms with Crippen LogP contribution in [0.4, 0.5) is 4.39 Å². The topological polar surface area (TPSA) is 49.4 Å². The van der Waals surface area contributed by atoms with Crippen LogP contribution in [0.3, 0.4) is 0 Å². The fraction of sp³-hybridized carbons (Fsp3) is 0.385. The fourth-order valence-corrected chi connectivity index (χ4v) is 2.33. The summed E-state index contributed by atoms with van der Waals surface area (Å²) in [5.41, 5.74) is 0.503. The number of hydrogen-bond donors (Lipinski definition) is 1. The molecule has 4 nitrogen and oxygen atoms in total. The third-order valence-corrected chi connectivity index (χ3v) is 3.52. The molecule has 1 aliphatic heterocycles. The number of nitrogens with zero attached hydrogens (tertiary/aromatic N) is 1. The van der Waals surface area contributed by atoms with Gasteiger partial charge in [-0.2, -0.15) is 0 Å². The average molecular weight is 285 g/mol. The molecular weight excluding hydrogens is 271 g/mol. The number of carbonyl (C=O) groups excluding carboxylic acids is 2. The summed E-state index contributed by atoms with van der Waals surface area (Å²) in [4.78, 5) is 25.0. The Hall–Kier alpha value is -1.62. The molecule has 1 fully saturated rings. The van der Waals surface area contributed by atoms with Crippen LogP contribution < -0.4 is 5.32 Å². The van der Waals surface area contributed by atoms with Crippen LogP contribution in [0.25, 0.3) is 0 Å². The Morgan fingerprint density at radius 3 is 2.89 bits per heavy atom. The molecule has 1 heterocycles. The van der Waals surface area contributed by atoms with Crippen LogP contribution in [0.2, 0.25) is 5.02 Å². The highest BCUT2D eigenvalue weighted by Crippen LogP contribution is 2.21. The normalized spacial score (nSPS) is 19.5. The lowest BCUT2D eigenvalue weighted by Gasteiger charge is -2.34. The maximum absolute atomic E-state index is 13.2. The molecule has 2 amide bonds. The second-order valence-electron chi connectivity index (χ2n) is 4.40. The Labute approximate surface area is 115 Å². The van der Waals surface area contributed by atoms with Gasteiger partial charge in [0.1, 0.15) is 11.9 Å². The van der Waals surface area contributed by atoms with Gasteiger partial charge in [-0.15, -0.1) is 0 Å². The minimum absolute atomic E-state index is 0.0255. The largest absolute Gasteiger partial charge is 0.345 e. The van der Waals surface area contributed by atoms with Crippen LogP contribution in [0.1, 0.15) is 18.9 Å². The van der Waals surface area contributed by atoms with Gasteiger partial charge < -0.3 is 10.2 Å². The van der Waals surface area contributed by atoms with Crippen LogP contribution in [0, 0.1) is 5.82 Å². The summed E-state index contributed by atoms with van der Waals surface area (Å²) >= 11 is 5.99. The van der Waals surface area contributed by atoms with Crippen molar-refractivity contribution in [3.05, 3.63) is 34.6 Å². The van der Waals surface area contributed by atoms with Gasteiger partial charge in [0, 0.05) is 11.6 Å². The maximum atomic E-state index is 13.2. The Morgan fingerprint density at radius 2 is 2.21 bits per heavy atom. The molecule has 2 rings (SSSR count).